The first-order chi connectivity index (χ1) is 8.82. The number of hydrogen-bond donors (Lipinski definition) is 0. The molecular formula is C11H20N2O5S. The van der Waals surface area contributed by atoms with E-state index >= 15 is 0 Å². The van der Waals surface area contributed by atoms with Gasteiger partial charge in [-0.1, -0.05) is 0 Å². The Hall–Kier alpha value is -0.700. The molecule has 2 aliphatic rings. The second-order valence-corrected chi connectivity index (χ2v) is 7.10. The van der Waals surface area contributed by atoms with Crippen molar-refractivity contribution in [3.05, 3.63) is 0 Å². The first-order valence-electron chi connectivity index (χ1n) is 6.25. The molecule has 0 bridgehead atoms. The van der Waals surface area contributed by atoms with Crippen molar-refractivity contribution in [2.45, 2.75) is 12.5 Å². The fourth-order valence-corrected chi connectivity index (χ4v) is 3.33. The summed E-state index contributed by atoms with van der Waals surface area (Å²) in [6.07, 6.45) is 1.19. The van der Waals surface area contributed by atoms with Crippen LogP contribution in [0.15, 0.2) is 0 Å². The zero-order valence-electron chi connectivity index (χ0n) is 11.3. The molecule has 1 amide bonds. The lowest BCUT2D eigenvalue weighted by Gasteiger charge is -2.42. The zero-order valence-corrected chi connectivity index (χ0v) is 12.1. The topological polar surface area (TPSA) is 76.2 Å². The normalized spacial score (nSPS) is 30.3. The molecular weight excluding hydrogens is 272 g/mol. The minimum Gasteiger partial charge on any atom is -0.376 e. The summed E-state index contributed by atoms with van der Waals surface area (Å²) >= 11 is 0. The van der Waals surface area contributed by atoms with E-state index in [4.69, 9.17) is 9.47 Å². The van der Waals surface area contributed by atoms with Gasteiger partial charge in [-0.05, 0) is 0 Å². The van der Waals surface area contributed by atoms with Crippen LogP contribution in [-0.4, -0.2) is 81.4 Å². The molecule has 0 saturated carbocycles. The highest BCUT2D eigenvalue weighted by Gasteiger charge is 2.43. The predicted molar refractivity (Wildman–Crippen MR) is 68.2 cm³/mol. The van der Waals surface area contributed by atoms with Crippen molar-refractivity contribution in [1.82, 2.24) is 9.21 Å². The van der Waals surface area contributed by atoms with Crippen LogP contribution in [0.3, 0.4) is 0 Å². The number of nitrogens with zero attached hydrogens (tertiary/aromatic N) is 2. The van der Waals surface area contributed by atoms with Gasteiger partial charge in [-0.25, -0.2) is 8.42 Å². The molecule has 0 aliphatic carbocycles. The molecule has 2 fully saturated rings. The van der Waals surface area contributed by atoms with E-state index in [1.807, 2.05) is 0 Å². The molecule has 0 aromatic rings. The van der Waals surface area contributed by atoms with Crippen LogP contribution in [0.4, 0.5) is 0 Å². The Morgan fingerprint density at radius 2 is 1.95 bits per heavy atom. The number of carbonyl (C=O) groups is 1. The predicted octanol–water partition coefficient (Wildman–Crippen LogP) is -1.10. The number of carbonyl (C=O) groups excluding carboxylic acids is 1. The summed E-state index contributed by atoms with van der Waals surface area (Å²) in [5, 5.41) is 0. The van der Waals surface area contributed by atoms with Gasteiger partial charge in [0, 0.05) is 26.6 Å². The van der Waals surface area contributed by atoms with Gasteiger partial charge in [-0.2, -0.15) is 4.31 Å². The quantitative estimate of drug-likeness (QED) is 0.613. The maximum absolute atomic E-state index is 11.7. The Labute approximate surface area is 113 Å². The molecule has 0 N–H and O–H groups in total. The molecule has 110 valence electrons. The summed E-state index contributed by atoms with van der Waals surface area (Å²) in [5.74, 6) is -0.0510. The van der Waals surface area contributed by atoms with Crippen LogP contribution in [0.25, 0.3) is 0 Å². The van der Waals surface area contributed by atoms with Crippen molar-refractivity contribution in [2.24, 2.45) is 0 Å². The van der Waals surface area contributed by atoms with Gasteiger partial charge >= 0.3 is 0 Å². The maximum atomic E-state index is 11.7. The Balaban J connectivity index is 2.17. The average Bonchev–Trinajstić information content (AvgIpc) is 2.51. The number of sulfonamides is 1. The highest BCUT2D eigenvalue weighted by Crippen LogP contribution is 2.24. The molecule has 0 aromatic heterocycles. The molecule has 8 heteroatoms. The smallest absolute Gasteiger partial charge is 0.219 e. The standard InChI is InChI=1S/C11H20N2O5S/c1-10(14)12-3-5-17-9-11(7-12)8-13(4-6-18-11)19(2,15)16/h3-9H2,1-2H3/t11-/m1/s1. The Bertz CT molecular complexity index is 452. The second kappa shape index (κ2) is 5.35. The third-order valence-electron chi connectivity index (χ3n) is 3.48. The van der Waals surface area contributed by atoms with Crippen LogP contribution >= 0.6 is 0 Å². The van der Waals surface area contributed by atoms with Crippen LogP contribution in [-0.2, 0) is 24.3 Å². The van der Waals surface area contributed by atoms with Gasteiger partial charge in [-0.3, -0.25) is 4.79 Å². The number of rotatable bonds is 1. The first kappa shape index (κ1) is 14.7. The molecule has 1 atom stereocenters. The lowest BCUT2D eigenvalue weighted by atomic mass is 10.0. The Morgan fingerprint density at radius 1 is 1.21 bits per heavy atom. The van der Waals surface area contributed by atoms with Gasteiger partial charge in [0.1, 0.15) is 5.60 Å². The van der Waals surface area contributed by atoms with E-state index < -0.39 is 15.6 Å². The summed E-state index contributed by atoms with van der Waals surface area (Å²) in [6, 6.07) is 0. The number of amides is 1. The van der Waals surface area contributed by atoms with Crippen LogP contribution < -0.4 is 0 Å². The fraction of sp³-hybridized carbons (Fsp3) is 0.909. The van der Waals surface area contributed by atoms with Crippen molar-refractivity contribution in [3.8, 4) is 0 Å². The van der Waals surface area contributed by atoms with E-state index in [1.54, 1.807) is 4.90 Å². The van der Waals surface area contributed by atoms with Crippen molar-refractivity contribution in [1.29, 1.82) is 0 Å². The third-order valence-corrected chi connectivity index (χ3v) is 4.73. The van der Waals surface area contributed by atoms with Gasteiger partial charge in [0.05, 0.1) is 32.6 Å². The summed E-state index contributed by atoms with van der Waals surface area (Å²) in [7, 11) is -3.26. The minimum absolute atomic E-state index is 0.0510. The molecule has 2 rings (SSSR count). The van der Waals surface area contributed by atoms with Crippen molar-refractivity contribution >= 4 is 15.9 Å². The highest BCUT2D eigenvalue weighted by molar-refractivity contribution is 7.88. The van der Waals surface area contributed by atoms with Crippen molar-refractivity contribution in [3.63, 3.8) is 0 Å². The summed E-state index contributed by atoms with van der Waals surface area (Å²) in [6.45, 7) is 4.04. The van der Waals surface area contributed by atoms with Gasteiger partial charge < -0.3 is 14.4 Å². The van der Waals surface area contributed by atoms with Gasteiger partial charge in [0.2, 0.25) is 15.9 Å². The Morgan fingerprint density at radius 3 is 2.58 bits per heavy atom. The van der Waals surface area contributed by atoms with Crippen LogP contribution in [0.5, 0.6) is 0 Å². The highest BCUT2D eigenvalue weighted by atomic mass is 32.2. The molecule has 0 aromatic carbocycles. The van der Waals surface area contributed by atoms with E-state index in [2.05, 4.69) is 0 Å². The average molecular weight is 292 g/mol. The summed E-state index contributed by atoms with van der Waals surface area (Å²) in [4.78, 5) is 13.2. The van der Waals surface area contributed by atoms with E-state index in [0.717, 1.165) is 0 Å². The van der Waals surface area contributed by atoms with E-state index in [0.29, 0.717) is 39.5 Å². The van der Waals surface area contributed by atoms with E-state index in [-0.39, 0.29) is 12.5 Å². The van der Waals surface area contributed by atoms with Crippen molar-refractivity contribution < 1.29 is 22.7 Å². The first-order valence-corrected chi connectivity index (χ1v) is 8.10. The van der Waals surface area contributed by atoms with E-state index in [1.165, 1.54) is 17.5 Å². The SMILES string of the molecule is CC(=O)N1CCOC[C@@]2(C1)CN(S(C)(=O)=O)CCO2. The molecule has 2 saturated heterocycles. The second-order valence-electron chi connectivity index (χ2n) is 5.12. The van der Waals surface area contributed by atoms with Gasteiger partial charge in [0.15, 0.2) is 0 Å². The molecule has 19 heavy (non-hydrogen) atoms. The molecule has 0 radical (unpaired) electrons. The van der Waals surface area contributed by atoms with Gasteiger partial charge in [0.25, 0.3) is 0 Å². The van der Waals surface area contributed by atoms with Crippen molar-refractivity contribution in [2.75, 3.05) is 52.3 Å². The number of hydrogen-bond acceptors (Lipinski definition) is 5. The monoisotopic (exact) mass is 292 g/mol. The van der Waals surface area contributed by atoms with Crippen LogP contribution in [0.2, 0.25) is 0 Å². The Kier molecular flexibility index (Phi) is 4.14. The van der Waals surface area contributed by atoms with Crippen LogP contribution in [0.1, 0.15) is 6.92 Å². The molecule has 1 spiro atoms. The lowest BCUT2D eigenvalue weighted by Crippen LogP contribution is -2.60. The maximum Gasteiger partial charge on any atom is 0.219 e. The molecule has 2 heterocycles. The largest absolute Gasteiger partial charge is 0.376 e. The third kappa shape index (κ3) is 3.44. The van der Waals surface area contributed by atoms with Gasteiger partial charge in [-0.15, -0.1) is 0 Å². The molecule has 0 unspecified atom stereocenters. The fourth-order valence-electron chi connectivity index (χ4n) is 2.45. The van der Waals surface area contributed by atoms with Crippen LogP contribution in [0, 0.1) is 0 Å². The molecule has 2 aliphatic heterocycles. The zero-order chi connectivity index (χ0) is 14.1. The molecule has 7 nitrogen and oxygen atoms in total. The minimum atomic E-state index is -3.26. The summed E-state index contributed by atoms with van der Waals surface area (Å²) in [5.41, 5.74) is -0.747. The van der Waals surface area contributed by atoms with E-state index in [9.17, 15) is 13.2 Å². The summed E-state index contributed by atoms with van der Waals surface area (Å²) < 4.78 is 36.0. The number of ether oxygens (including phenoxy) is 2. The lowest BCUT2D eigenvalue weighted by molar-refractivity contribution is -0.142. The number of morpholine rings is 1.